The topological polar surface area (TPSA) is 49.2 Å². The molecule has 15 heavy (non-hydrogen) atoms. The summed E-state index contributed by atoms with van der Waals surface area (Å²) in [5, 5.41) is 9.40. The highest BCUT2D eigenvalue weighted by Gasteiger charge is 2.20. The Morgan fingerprint density at radius 1 is 1.60 bits per heavy atom. The summed E-state index contributed by atoms with van der Waals surface area (Å²) in [6, 6.07) is 1.85. The maximum absolute atomic E-state index is 9.12. The molecule has 4 nitrogen and oxygen atoms in total. The van der Waals surface area contributed by atoms with Crippen LogP contribution in [0.3, 0.4) is 0 Å². The molecule has 1 aromatic rings. The number of aliphatic hydroxyl groups is 1. The van der Waals surface area contributed by atoms with E-state index in [9.17, 15) is 0 Å². The third kappa shape index (κ3) is 2.58. The Labute approximate surface area is 93.9 Å². The van der Waals surface area contributed by atoms with Gasteiger partial charge in [-0.1, -0.05) is 0 Å². The molecule has 1 saturated heterocycles. The van der Waals surface area contributed by atoms with Gasteiger partial charge in [-0.25, -0.2) is 9.97 Å². The van der Waals surface area contributed by atoms with E-state index < -0.39 is 0 Å². The maximum atomic E-state index is 9.12. The smallest absolute Gasteiger partial charge is 0.224 e. The zero-order valence-corrected chi connectivity index (χ0v) is 9.19. The molecule has 0 aliphatic carbocycles. The fourth-order valence-corrected chi connectivity index (χ4v) is 2.07. The molecule has 1 aliphatic rings. The first-order valence-corrected chi connectivity index (χ1v) is 5.52. The van der Waals surface area contributed by atoms with Crippen molar-refractivity contribution in [3.8, 4) is 0 Å². The Morgan fingerprint density at radius 2 is 2.47 bits per heavy atom. The van der Waals surface area contributed by atoms with Gasteiger partial charge in [-0.15, -0.1) is 0 Å². The molecule has 1 fully saturated rings. The third-order valence-electron chi connectivity index (χ3n) is 2.71. The molecule has 0 bridgehead atoms. The molecular formula is C10H14ClN3O. The van der Waals surface area contributed by atoms with E-state index in [4.69, 9.17) is 16.7 Å². The molecule has 2 rings (SSSR count). The van der Waals surface area contributed by atoms with Gasteiger partial charge in [-0.2, -0.15) is 0 Å². The third-order valence-corrected chi connectivity index (χ3v) is 2.89. The van der Waals surface area contributed by atoms with Crippen LogP contribution in [-0.4, -0.2) is 34.8 Å². The van der Waals surface area contributed by atoms with Gasteiger partial charge in [0, 0.05) is 25.9 Å². The van der Waals surface area contributed by atoms with E-state index >= 15 is 0 Å². The second-order valence-electron chi connectivity index (χ2n) is 3.82. The van der Waals surface area contributed by atoms with Crippen molar-refractivity contribution in [3.05, 3.63) is 17.5 Å². The van der Waals surface area contributed by atoms with Crippen LogP contribution in [0.2, 0.25) is 5.28 Å². The standard InChI is InChI=1S/C10H14ClN3O/c11-10-12-4-3-9(13-10)14-5-1-2-8(6-14)7-15/h3-4,8,15H,1-2,5-7H2. The summed E-state index contributed by atoms with van der Waals surface area (Å²) in [6.45, 7) is 2.07. The molecule has 0 radical (unpaired) electrons. The minimum atomic E-state index is 0.245. The predicted octanol–water partition coefficient (Wildman–Crippen LogP) is 1.34. The zero-order valence-electron chi connectivity index (χ0n) is 8.43. The largest absolute Gasteiger partial charge is 0.396 e. The van der Waals surface area contributed by atoms with Crippen LogP contribution in [0, 0.1) is 5.92 Å². The van der Waals surface area contributed by atoms with Crippen LogP contribution < -0.4 is 4.90 Å². The van der Waals surface area contributed by atoms with E-state index in [1.54, 1.807) is 6.20 Å². The summed E-state index contributed by atoms with van der Waals surface area (Å²) < 4.78 is 0. The summed E-state index contributed by atoms with van der Waals surface area (Å²) >= 11 is 5.74. The van der Waals surface area contributed by atoms with Gasteiger partial charge in [0.1, 0.15) is 5.82 Å². The van der Waals surface area contributed by atoms with Crippen molar-refractivity contribution in [1.29, 1.82) is 0 Å². The number of anilines is 1. The highest BCUT2D eigenvalue weighted by atomic mass is 35.5. The average molecular weight is 228 g/mol. The Kier molecular flexibility index (Phi) is 3.38. The highest BCUT2D eigenvalue weighted by Crippen LogP contribution is 2.21. The predicted molar refractivity (Wildman–Crippen MR) is 59.1 cm³/mol. The van der Waals surface area contributed by atoms with E-state index in [1.807, 2.05) is 6.07 Å². The van der Waals surface area contributed by atoms with Gasteiger partial charge in [-0.3, -0.25) is 0 Å². The Bertz CT molecular complexity index is 334. The quantitative estimate of drug-likeness (QED) is 0.775. The van der Waals surface area contributed by atoms with Gasteiger partial charge in [0.25, 0.3) is 0 Å². The lowest BCUT2D eigenvalue weighted by molar-refractivity contribution is 0.208. The summed E-state index contributed by atoms with van der Waals surface area (Å²) in [5.74, 6) is 1.21. The van der Waals surface area contributed by atoms with Gasteiger partial charge in [-0.05, 0) is 36.4 Å². The van der Waals surface area contributed by atoms with Crippen LogP contribution in [0.1, 0.15) is 12.8 Å². The number of aliphatic hydroxyl groups excluding tert-OH is 1. The van der Waals surface area contributed by atoms with Crippen LogP contribution >= 0.6 is 11.6 Å². The lowest BCUT2D eigenvalue weighted by atomic mass is 9.99. The minimum Gasteiger partial charge on any atom is -0.396 e. The second-order valence-corrected chi connectivity index (χ2v) is 4.16. The maximum Gasteiger partial charge on any atom is 0.224 e. The van der Waals surface area contributed by atoms with Crippen molar-refractivity contribution in [2.75, 3.05) is 24.6 Å². The normalized spacial score (nSPS) is 21.7. The Balaban J connectivity index is 2.09. The van der Waals surface area contributed by atoms with Crippen molar-refractivity contribution < 1.29 is 5.11 Å². The Morgan fingerprint density at radius 3 is 3.20 bits per heavy atom. The molecule has 1 aliphatic heterocycles. The van der Waals surface area contributed by atoms with Crippen LogP contribution in [0.15, 0.2) is 12.3 Å². The SMILES string of the molecule is OCC1CCCN(c2ccnc(Cl)n2)C1. The van der Waals surface area contributed by atoms with E-state index in [0.717, 1.165) is 31.7 Å². The van der Waals surface area contributed by atoms with Crippen LogP contribution in [0.5, 0.6) is 0 Å². The van der Waals surface area contributed by atoms with Crippen molar-refractivity contribution in [2.45, 2.75) is 12.8 Å². The van der Waals surface area contributed by atoms with Crippen LogP contribution in [0.4, 0.5) is 5.82 Å². The van der Waals surface area contributed by atoms with Gasteiger partial charge in [0.05, 0.1) is 0 Å². The lowest BCUT2D eigenvalue weighted by Crippen LogP contribution is -2.37. The number of halogens is 1. The number of piperidine rings is 1. The number of hydrogen-bond donors (Lipinski definition) is 1. The molecule has 82 valence electrons. The fraction of sp³-hybridized carbons (Fsp3) is 0.600. The first-order chi connectivity index (χ1) is 7.29. The van der Waals surface area contributed by atoms with Crippen molar-refractivity contribution in [1.82, 2.24) is 9.97 Å². The molecule has 1 aromatic heterocycles. The zero-order chi connectivity index (χ0) is 10.7. The molecule has 1 atom stereocenters. The number of hydrogen-bond acceptors (Lipinski definition) is 4. The molecule has 0 aromatic carbocycles. The summed E-state index contributed by atoms with van der Waals surface area (Å²) in [4.78, 5) is 10.2. The van der Waals surface area contributed by atoms with Gasteiger partial charge in [0.15, 0.2) is 0 Å². The number of nitrogens with zero attached hydrogens (tertiary/aromatic N) is 3. The number of aromatic nitrogens is 2. The van der Waals surface area contributed by atoms with Crippen molar-refractivity contribution >= 4 is 17.4 Å². The molecule has 2 heterocycles. The van der Waals surface area contributed by atoms with E-state index in [-0.39, 0.29) is 11.9 Å². The first-order valence-electron chi connectivity index (χ1n) is 5.14. The first kappa shape index (κ1) is 10.6. The molecule has 1 N–H and O–H groups in total. The molecule has 1 unspecified atom stereocenters. The molecule has 0 amide bonds. The van der Waals surface area contributed by atoms with E-state index in [0.29, 0.717) is 5.92 Å². The fourth-order valence-electron chi connectivity index (χ4n) is 1.92. The summed E-state index contributed by atoms with van der Waals surface area (Å²) in [5.41, 5.74) is 0. The molecule has 5 heteroatoms. The van der Waals surface area contributed by atoms with E-state index in [1.165, 1.54) is 0 Å². The van der Waals surface area contributed by atoms with Crippen LogP contribution in [-0.2, 0) is 0 Å². The molecular weight excluding hydrogens is 214 g/mol. The van der Waals surface area contributed by atoms with E-state index in [2.05, 4.69) is 14.9 Å². The van der Waals surface area contributed by atoms with Crippen molar-refractivity contribution in [3.63, 3.8) is 0 Å². The monoisotopic (exact) mass is 227 g/mol. The molecule has 0 saturated carbocycles. The lowest BCUT2D eigenvalue weighted by Gasteiger charge is -2.32. The van der Waals surface area contributed by atoms with Crippen LogP contribution in [0.25, 0.3) is 0 Å². The number of rotatable bonds is 2. The summed E-state index contributed by atoms with van der Waals surface area (Å²) in [7, 11) is 0. The van der Waals surface area contributed by atoms with Crippen molar-refractivity contribution in [2.24, 2.45) is 5.92 Å². The summed E-state index contributed by atoms with van der Waals surface area (Å²) in [6.07, 6.45) is 3.84. The molecule has 0 spiro atoms. The average Bonchev–Trinajstić information content (AvgIpc) is 2.29. The second kappa shape index (κ2) is 4.77. The Hall–Kier alpha value is -0.870. The van der Waals surface area contributed by atoms with Gasteiger partial charge in [0.2, 0.25) is 5.28 Å². The van der Waals surface area contributed by atoms with Gasteiger partial charge >= 0.3 is 0 Å². The minimum absolute atomic E-state index is 0.245. The van der Waals surface area contributed by atoms with Gasteiger partial charge < -0.3 is 10.0 Å². The highest BCUT2D eigenvalue weighted by molar-refractivity contribution is 6.28.